The molecule has 2 N–H and O–H groups in total. The van der Waals surface area contributed by atoms with Gasteiger partial charge in [-0.25, -0.2) is 9.59 Å². The van der Waals surface area contributed by atoms with E-state index in [1.54, 1.807) is 0 Å². The fraction of sp³-hybridized carbons (Fsp3) is 0.333. The number of nitrogens with zero attached hydrogens (tertiary/aromatic N) is 1. The summed E-state index contributed by atoms with van der Waals surface area (Å²) >= 11 is 5.94. The first kappa shape index (κ1) is 20.9. The first-order chi connectivity index (χ1) is 12.9. The van der Waals surface area contributed by atoms with Crippen molar-refractivity contribution in [2.45, 2.75) is 25.8 Å². The Morgan fingerprint density at radius 2 is 1.44 bits per heavy atom. The molecule has 0 atom stereocenters. The quantitative estimate of drug-likeness (QED) is 0.774. The molecule has 1 aliphatic heterocycles. The van der Waals surface area contributed by atoms with Crippen LogP contribution in [0, 0.1) is 5.92 Å². The lowest BCUT2D eigenvalue weighted by molar-refractivity contribution is -0.159. The van der Waals surface area contributed by atoms with Crippen LogP contribution in [0.25, 0.3) is 0 Å². The molecule has 0 aromatic heterocycles. The van der Waals surface area contributed by atoms with Crippen LogP contribution in [0.2, 0.25) is 5.02 Å². The molecule has 0 unspecified atom stereocenters. The van der Waals surface area contributed by atoms with E-state index in [9.17, 15) is 0 Å². The van der Waals surface area contributed by atoms with E-state index in [1.807, 2.05) is 12.1 Å². The number of carboxylic acid groups (broad SMARTS) is 2. The van der Waals surface area contributed by atoms with Gasteiger partial charge in [0, 0.05) is 11.6 Å². The fourth-order valence-corrected chi connectivity index (χ4v) is 3.27. The van der Waals surface area contributed by atoms with Gasteiger partial charge in [-0.2, -0.15) is 0 Å². The van der Waals surface area contributed by atoms with Crippen LogP contribution in [0.5, 0.6) is 0 Å². The third kappa shape index (κ3) is 7.81. The summed E-state index contributed by atoms with van der Waals surface area (Å²) in [5.74, 6) is -2.81. The molecule has 1 saturated heterocycles. The Labute approximate surface area is 164 Å². The van der Waals surface area contributed by atoms with Crippen LogP contribution in [0.4, 0.5) is 0 Å². The molecule has 2 aromatic rings. The highest BCUT2D eigenvalue weighted by molar-refractivity contribution is 6.30. The van der Waals surface area contributed by atoms with E-state index in [0.29, 0.717) is 0 Å². The number of hydrogen-bond acceptors (Lipinski definition) is 3. The van der Waals surface area contributed by atoms with E-state index in [4.69, 9.17) is 31.4 Å². The van der Waals surface area contributed by atoms with Crippen LogP contribution in [-0.2, 0) is 22.6 Å². The summed E-state index contributed by atoms with van der Waals surface area (Å²) in [6.45, 7) is 3.47. The van der Waals surface area contributed by atoms with E-state index < -0.39 is 11.9 Å². The molecule has 0 spiro atoms. The van der Waals surface area contributed by atoms with Gasteiger partial charge in [0.05, 0.1) is 0 Å². The van der Waals surface area contributed by atoms with Crippen LogP contribution in [0.1, 0.15) is 24.0 Å². The number of halogens is 1. The van der Waals surface area contributed by atoms with Crippen molar-refractivity contribution in [3.8, 4) is 0 Å². The minimum absolute atomic E-state index is 0.820. The number of rotatable bonds is 4. The van der Waals surface area contributed by atoms with Gasteiger partial charge in [-0.05, 0) is 61.5 Å². The maximum atomic E-state index is 9.10. The molecule has 1 fully saturated rings. The number of carboxylic acids is 2. The summed E-state index contributed by atoms with van der Waals surface area (Å²) in [7, 11) is 0. The van der Waals surface area contributed by atoms with Crippen molar-refractivity contribution in [3.05, 3.63) is 70.7 Å². The topological polar surface area (TPSA) is 77.8 Å². The molecule has 0 aliphatic carbocycles. The maximum Gasteiger partial charge on any atom is 0.414 e. The lowest BCUT2D eigenvalue weighted by Crippen LogP contribution is -2.33. The highest BCUT2D eigenvalue weighted by Gasteiger charge is 2.19. The van der Waals surface area contributed by atoms with Crippen molar-refractivity contribution in [2.75, 3.05) is 13.1 Å². The highest BCUT2D eigenvalue weighted by Crippen LogP contribution is 2.23. The number of piperidine rings is 1. The summed E-state index contributed by atoms with van der Waals surface area (Å²) in [6.07, 6.45) is 3.85. The lowest BCUT2D eigenvalue weighted by Gasteiger charge is -2.32. The lowest BCUT2D eigenvalue weighted by atomic mass is 9.90. The average molecular weight is 390 g/mol. The third-order valence-electron chi connectivity index (χ3n) is 4.58. The largest absolute Gasteiger partial charge is 0.473 e. The van der Waals surface area contributed by atoms with Gasteiger partial charge >= 0.3 is 11.9 Å². The van der Waals surface area contributed by atoms with Gasteiger partial charge in [0.25, 0.3) is 0 Å². The Hall–Kier alpha value is -2.37. The van der Waals surface area contributed by atoms with Crippen LogP contribution in [-0.4, -0.2) is 40.1 Å². The second-order valence-corrected chi connectivity index (χ2v) is 7.08. The number of aliphatic carboxylic acids is 2. The Morgan fingerprint density at radius 3 is 1.96 bits per heavy atom. The summed E-state index contributed by atoms with van der Waals surface area (Å²) in [6, 6.07) is 19.1. The summed E-state index contributed by atoms with van der Waals surface area (Å²) < 4.78 is 0. The molecule has 144 valence electrons. The molecule has 0 amide bonds. The molecule has 2 aromatic carbocycles. The SMILES string of the molecule is Clc1ccc(CN2CCC(Cc3ccccc3)CC2)cc1.O=C(O)C(=O)O. The first-order valence-corrected chi connectivity index (χ1v) is 9.28. The van der Waals surface area contributed by atoms with E-state index >= 15 is 0 Å². The van der Waals surface area contributed by atoms with Crippen molar-refractivity contribution in [1.29, 1.82) is 0 Å². The van der Waals surface area contributed by atoms with Crippen LogP contribution in [0.3, 0.4) is 0 Å². The standard InChI is InChI=1S/C19H22ClN.C2H2O4/c20-19-8-6-18(7-9-19)15-21-12-10-17(11-13-21)14-16-4-2-1-3-5-16;3-1(4)2(5)6/h1-9,17H,10-15H2;(H,3,4)(H,5,6). The van der Waals surface area contributed by atoms with Gasteiger partial charge in [-0.15, -0.1) is 0 Å². The second kappa shape index (κ2) is 10.7. The molecule has 1 aliphatic rings. The minimum atomic E-state index is -1.82. The zero-order chi connectivity index (χ0) is 19.6. The average Bonchev–Trinajstić information content (AvgIpc) is 2.66. The predicted octanol–water partition coefficient (Wildman–Crippen LogP) is 3.95. The molecule has 27 heavy (non-hydrogen) atoms. The molecule has 5 nitrogen and oxygen atoms in total. The van der Waals surface area contributed by atoms with Gasteiger partial charge in [0.2, 0.25) is 0 Å². The van der Waals surface area contributed by atoms with Gasteiger partial charge < -0.3 is 10.2 Å². The van der Waals surface area contributed by atoms with Crippen molar-refractivity contribution >= 4 is 23.5 Å². The number of likely N-dealkylation sites (tertiary alicyclic amines) is 1. The molecule has 0 bridgehead atoms. The molecule has 0 radical (unpaired) electrons. The van der Waals surface area contributed by atoms with Crippen LogP contribution >= 0.6 is 11.6 Å². The van der Waals surface area contributed by atoms with E-state index in [1.165, 1.54) is 43.5 Å². The molecule has 6 heteroatoms. The van der Waals surface area contributed by atoms with Gasteiger partial charge in [0.1, 0.15) is 0 Å². The van der Waals surface area contributed by atoms with Gasteiger partial charge in [-0.1, -0.05) is 54.1 Å². The van der Waals surface area contributed by atoms with Crippen molar-refractivity contribution in [3.63, 3.8) is 0 Å². The minimum Gasteiger partial charge on any atom is -0.473 e. The predicted molar refractivity (Wildman–Crippen MR) is 105 cm³/mol. The van der Waals surface area contributed by atoms with Crippen molar-refractivity contribution in [2.24, 2.45) is 5.92 Å². The number of carbonyl (C=O) groups is 2. The molecule has 1 heterocycles. The fourth-order valence-electron chi connectivity index (χ4n) is 3.14. The van der Waals surface area contributed by atoms with Crippen LogP contribution in [0.15, 0.2) is 54.6 Å². The Kier molecular flexibility index (Phi) is 8.30. The van der Waals surface area contributed by atoms with Gasteiger partial charge in [0.15, 0.2) is 0 Å². The van der Waals surface area contributed by atoms with Crippen LogP contribution < -0.4 is 0 Å². The monoisotopic (exact) mass is 389 g/mol. The summed E-state index contributed by atoms with van der Waals surface area (Å²) in [5, 5.41) is 15.6. The van der Waals surface area contributed by atoms with E-state index in [-0.39, 0.29) is 0 Å². The van der Waals surface area contributed by atoms with E-state index in [0.717, 1.165) is 17.5 Å². The summed E-state index contributed by atoms with van der Waals surface area (Å²) in [4.78, 5) is 20.8. The molecular weight excluding hydrogens is 366 g/mol. The molecule has 0 saturated carbocycles. The Bertz CT molecular complexity index is 714. The molecule has 3 rings (SSSR count). The molecular formula is C21H24ClNO4. The maximum absolute atomic E-state index is 9.10. The first-order valence-electron chi connectivity index (χ1n) is 8.91. The third-order valence-corrected chi connectivity index (χ3v) is 4.83. The normalized spacial score (nSPS) is 14.9. The smallest absolute Gasteiger partial charge is 0.414 e. The zero-order valence-corrected chi connectivity index (χ0v) is 15.8. The van der Waals surface area contributed by atoms with Crippen molar-refractivity contribution in [1.82, 2.24) is 4.90 Å². The number of benzene rings is 2. The number of hydrogen-bond donors (Lipinski definition) is 2. The zero-order valence-electron chi connectivity index (χ0n) is 15.1. The van der Waals surface area contributed by atoms with E-state index in [2.05, 4.69) is 47.4 Å². The van der Waals surface area contributed by atoms with Crippen molar-refractivity contribution < 1.29 is 19.8 Å². The Balaban J connectivity index is 0.000000380. The highest BCUT2D eigenvalue weighted by atomic mass is 35.5. The summed E-state index contributed by atoms with van der Waals surface area (Å²) in [5.41, 5.74) is 2.84. The Morgan fingerprint density at radius 1 is 0.889 bits per heavy atom. The second-order valence-electron chi connectivity index (χ2n) is 6.65. The van der Waals surface area contributed by atoms with Gasteiger partial charge in [-0.3, -0.25) is 4.90 Å².